The number of carbonyl (C=O) groups is 5. The van der Waals surface area contributed by atoms with E-state index in [1.807, 2.05) is 12.1 Å². The average molecular weight is 698 g/mol. The van der Waals surface area contributed by atoms with Crippen molar-refractivity contribution in [2.75, 3.05) is 53.4 Å². The van der Waals surface area contributed by atoms with Crippen molar-refractivity contribution in [1.29, 1.82) is 5.41 Å². The van der Waals surface area contributed by atoms with Gasteiger partial charge in [0.1, 0.15) is 17.7 Å². The van der Waals surface area contributed by atoms with Crippen molar-refractivity contribution in [3.8, 4) is 11.5 Å². The molecular weight excluding hydrogens is 648 g/mol. The Morgan fingerprint density at radius 1 is 1.24 bits per heavy atom. The van der Waals surface area contributed by atoms with Gasteiger partial charge in [-0.3, -0.25) is 24.6 Å². The van der Waals surface area contributed by atoms with Gasteiger partial charge in [0.2, 0.25) is 17.7 Å². The second-order valence-electron chi connectivity index (χ2n) is 14.0. The van der Waals surface area contributed by atoms with Crippen molar-refractivity contribution in [1.82, 2.24) is 26.2 Å². The summed E-state index contributed by atoms with van der Waals surface area (Å²) in [4.78, 5) is 64.4. The van der Waals surface area contributed by atoms with Crippen molar-refractivity contribution in [2.24, 2.45) is 5.73 Å². The van der Waals surface area contributed by atoms with Gasteiger partial charge < -0.3 is 51.0 Å². The number of quaternary nitrogens is 1. The topological polar surface area (TPSA) is 225 Å². The Morgan fingerprint density at radius 3 is 2.70 bits per heavy atom. The number of ketones is 1. The molecular formula is C34H49N8O8+. The summed E-state index contributed by atoms with van der Waals surface area (Å²) in [6.45, 7) is 6.78. The third-order valence-electron chi connectivity index (χ3n) is 10.8. The summed E-state index contributed by atoms with van der Waals surface area (Å²) in [5.41, 5.74) is 4.95. The molecule has 8 N–H and O–H groups in total. The Bertz CT molecular complexity index is 1590. The third kappa shape index (κ3) is 6.61. The lowest BCUT2D eigenvalue weighted by atomic mass is 9.48. The molecule has 1 saturated carbocycles. The number of nitrogens with two attached hydrogens (primary N) is 1. The number of likely N-dealkylation sites (tertiary alicyclic amines) is 1. The first-order valence-electron chi connectivity index (χ1n) is 17.0. The normalized spacial score (nSPS) is 27.5. The van der Waals surface area contributed by atoms with E-state index in [1.165, 1.54) is 18.9 Å². The summed E-state index contributed by atoms with van der Waals surface area (Å²) in [5, 5.41) is 30.1. The molecule has 2 heterocycles. The van der Waals surface area contributed by atoms with Crippen LogP contribution in [0.4, 0.5) is 4.79 Å². The van der Waals surface area contributed by atoms with E-state index in [0.717, 1.165) is 17.7 Å². The van der Waals surface area contributed by atoms with Crippen molar-refractivity contribution in [2.45, 2.75) is 74.7 Å². The molecule has 50 heavy (non-hydrogen) atoms. The highest BCUT2D eigenvalue weighted by atomic mass is 16.6. The molecule has 16 heteroatoms. The second-order valence-corrected chi connectivity index (χ2v) is 14.0. The third-order valence-corrected chi connectivity index (χ3v) is 10.8. The fraction of sp³-hybridized carbons (Fsp3) is 0.588. The maximum atomic E-state index is 13.4. The van der Waals surface area contributed by atoms with Gasteiger partial charge >= 0.3 is 6.09 Å². The molecule has 1 spiro atoms. The van der Waals surface area contributed by atoms with Crippen LogP contribution < -0.4 is 36.5 Å². The van der Waals surface area contributed by atoms with E-state index in [4.69, 9.17) is 20.6 Å². The van der Waals surface area contributed by atoms with Crippen molar-refractivity contribution >= 4 is 35.6 Å². The first-order valence-corrected chi connectivity index (χ1v) is 17.0. The van der Waals surface area contributed by atoms with Crippen LogP contribution in [0, 0.1) is 5.41 Å². The lowest BCUT2D eigenvalue weighted by Gasteiger charge is -2.64. The van der Waals surface area contributed by atoms with E-state index in [-0.39, 0.29) is 61.9 Å². The van der Waals surface area contributed by atoms with Gasteiger partial charge in [-0.1, -0.05) is 12.6 Å². The van der Waals surface area contributed by atoms with Crippen LogP contribution in [0.25, 0.3) is 0 Å². The number of Topliss-reactive ketones (excluding diaryl/α,β-unsaturated/α-hetero) is 1. The highest BCUT2D eigenvalue weighted by molar-refractivity contribution is 5.91. The zero-order chi connectivity index (χ0) is 36.4. The fourth-order valence-corrected chi connectivity index (χ4v) is 8.39. The largest absolute Gasteiger partial charge is 0.477 e. The number of nitrogens with zero attached hydrogens (tertiary/aromatic N) is 2. The lowest BCUT2D eigenvalue weighted by Crippen LogP contribution is -2.80. The minimum atomic E-state index is -1.18. The first kappa shape index (κ1) is 36.6. The van der Waals surface area contributed by atoms with Gasteiger partial charge in [0.05, 0.1) is 32.1 Å². The minimum Gasteiger partial charge on any atom is -0.477 e. The standard InChI is InChI=1S/C34H48N8O8/c1-5-16-42(4)17-12-33-27-21-8-9-24(28(27)50-29(33)23(44)10-11-34(33,48)25(42)18-21)49-32(47)41(3)15-14-37-30(46)22(7-6-13-38-31(35)36)40-26(45)19-39-20(2)43/h5,8-9,22,25,29,48H,1,6-7,10-19H2,2-4H3,(H6-,35,36,37,38,39,40,43,45,46)/p+1/t22-,25+,29-,33-,34+,42?/m0/s1. The quantitative estimate of drug-likeness (QED) is 0.0420. The van der Waals surface area contributed by atoms with Crippen molar-refractivity contribution in [3.05, 3.63) is 35.9 Å². The van der Waals surface area contributed by atoms with Crippen molar-refractivity contribution in [3.63, 3.8) is 0 Å². The zero-order valence-corrected chi connectivity index (χ0v) is 28.9. The zero-order valence-electron chi connectivity index (χ0n) is 28.9. The number of aliphatic hydroxyl groups is 1. The van der Waals surface area contributed by atoms with Gasteiger partial charge in [0.25, 0.3) is 0 Å². The Kier molecular flexibility index (Phi) is 10.4. The molecule has 0 radical (unpaired) electrons. The molecule has 4 amide bonds. The van der Waals surface area contributed by atoms with Crippen molar-refractivity contribution < 1.29 is 43.0 Å². The highest BCUT2D eigenvalue weighted by Crippen LogP contribution is 2.65. The van der Waals surface area contributed by atoms with Gasteiger partial charge in [0.15, 0.2) is 29.3 Å². The number of hydrogen-bond donors (Lipinski definition) is 7. The fourth-order valence-electron chi connectivity index (χ4n) is 8.39. The number of piperidine rings is 1. The van der Waals surface area contributed by atoms with Crippen LogP contribution in [-0.4, -0.2) is 127 Å². The van der Waals surface area contributed by atoms with Gasteiger partial charge in [-0.2, -0.15) is 0 Å². The molecule has 2 aliphatic carbocycles. The predicted molar refractivity (Wildman–Crippen MR) is 181 cm³/mol. The molecule has 272 valence electrons. The maximum absolute atomic E-state index is 13.4. The van der Waals surface area contributed by atoms with E-state index < -0.39 is 41.1 Å². The molecule has 5 rings (SSSR count). The Hall–Kier alpha value is -4.70. The smallest absolute Gasteiger partial charge is 0.415 e. The van der Waals surface area contributed by atoms with Gasteiger partial charge in [-0.15, -0.1) is 0 Å². The SMILES string of the molecule is C=CC[N+]1(C)CC[C@]23c4c5ccc(OC(=O)N(C)CCNC(=O)[C@H](CCCNC(=N)N)NC(=O)CNC(C)=O)c4O[C@H]2C(=O)CC[C@@]3(O)[C@H]1C5. The van der Waals surface area contributed by atoms with Crippen LogP contribution in [0.2, 0.25) is 0 Å². The highest BCUT2D eigenvalue weighted by Gasteiger charge is 2.76. The minimum absolute atomic E-state index is 0.0393. The summed E-state index contributed by atoms with van der Waals surface area (Å²) in [5.74, 6) is -1.22. The number of amides is 4. The number of likely N-dealkylation sites (N-methyl/N-ethyl adjacent to an activating group) is 2. The van der Waals surface area contributed by atoms with Gasteiger partial charge in [-0.25, -0.2) is 4.79 Å². The average Bonchev–Trinajstić information content (AvgIpc) is 3.42. The molecule has 2 fully saturated rings. The molecule has 0 aromatic heterocycles. The van der Waals surface area contributed by atoms with Crippen LogP contribution in [-0.2, 0) is 31.0 Å². The first-order chi connectivity index (χ1) is 23.7. The lowest BCUT2D eigenvalue weighted by molar-refractivity contribution is -0.944. The van der Waals surface area contributed by atoms with Gasteiger partial charge in [-0.05, 0) is 37.0 Å². The number of rotatable bonds is 14. The molecule has 6 atom stereocenters. The summed E-state index contributed by atoms with van der Waals surface area (Å²) >= 11 is 0. The maximum Gasteiger partial charge on any atom is 0.415 e. The van der Waals surface area contributed by atoms with Crippen LogP contribution in [0.3, 0.4) is 0 Å². The number of nitrogens with one attached hydrogen (secondary N) is 5. The van der Waals surface area contributed by atoms with E-state index >= 15 is 0 Å². The number of carbonyl (C=O) groups excluding carboxylic acids is 5. The van der Waals surface area contributed by atoms with E-state index in [1.54, 1.807) is 6.07 Å². The Morgan fingerprint density at radius 2 is 2.00 bits per heavy atom. The molecule has 16 nitrogen and oxygen atoms in total. The number of hydrogen-bond acceptors (Lipinski definition) is 9. The molecule has 2 bridgehead atoms. The summed E-state index contributed by atoms with van der Waals surface area (Å²) in [7, 11) is 3.65. The summed E-state index contributed by atoms with van der Waals surface area (Å²) in [6, 6.07) is 2.49. The molecule has 1 saturated heterocycles. The molecule has 2 aliphatic heterocycles. The monoisotopic (exact) mass is 697 g/mol. The van der Waals surface area contributed by atoms with E-state index in [2.05, 4.69) is 34.9 Å². The van der Waals surface area contributed by atoms with Crippen LogP contribution in [0.5, 0.6) is 11.5 Å². The number of guanidine groups is 1. The van der Waals surface area contributed by atoms with E-state index in [9.17, 15) is 29.1 Å². The molecule has 1 unspecified atom stereocenters. The summed E-state index contributed by atoms with van der Waals surface area (Å²) < 4.78 is 12.8. The van der Waals surface area contributed by atoms with Crippen LogP contribution in [0.1, 0.15) is 50.2 Å². The second kappa shape index (κ2) is 14.3. The Labute approximate surface area is 291 Å². The number of ether oxygens (including phenoxy) is 2. The summed E-state index contributed by atoms with van der Waals surface area (Å²) in [6.07, 6.45) is 2.61. The number of benzene rings is 1. The van der Waals surface area contributed by atoms with Crippen LogP contribution in [0.15, 0.2) is 24.8 Å². The van der Waals surface area contributed by atoms with Gasteiger partial charge in [0, 0.05) is 58.4 Å². The molecule has 4 aliphatic rings. The van der Waals surface area contributed by atoms with Crippen LogP contribution >= 0.6 is 0 Å². The molecule has 1 aromatic carbocycles. The Balaban J connectivity index is 1.25. The van der Waals surface area contributed by atoms with E-state index in [0.29, 0.717) is 49.0 Å². The molecule has 1 aromatic rings. The predicted octanol–water partition coefficient (Wildman–Crippen LogP) is -0.829.